The normalized spacial score (nSPS) is 15.0. The predicted molar refractivity (Wildman–Crippen MR) is 101 cm³/mol. The molecule has 0 unspecified atom stereocenters. The van der Waals surface area contributed by atoms with Crippen LogP contribution in [-0.2, 0) is 9.53 Å². The van der Waals surface area contributed by atoms with Crippen molar-refractivity contribution < 1.29 is 9.53 Å². The van der Waals surface area contributed by atoms with Crippen molar-refractivity contribution in [3.63, 3.8) is 0 Å². The van der Waals surface area contributed by atoms with Crippen molar-refractivity contribution in [2.75, 3.05) is 26.2 Å². The molecule has 3 heteroatoms. The molecular formula is C22H25NO2. The zero-order chi connectivity index (χ0) is 17.5. The second-order valence-electron chi connectivity index (χ2n) is 6.29. The zero-order valence-corrected chi connectivity index (χ0v) is 14.8. The summed E-state index contributed by atoms with van der Waals surface area (Å²) in [6.07, 6.45) is 1.97. The van der Waals surface area contributed by atoms with E-state index in [-0.39, 0.29) is 5.97 Å². The lowest BCUT2D eigenvalue weighted by Crippen LogP contribution is -2.36. The van der Waals surface area contributed by atoms with Crippen LogP contribution in [0.2, 0.25) is 0 Å². The number of esters is 1. The van der Waals surface area contributed by atoms with E-state index >= 15 is 0 Å². The smallest absolute Gasteiger partial charge is 0.320 e. The summed E-state index contributed by atoms with van der Waals surface area (Å²) in [7, 11) is 0. The molecule has 0 atom stereocenters. The zero-order valence-electron chi connectivity index (χ0n) is 14.8. The van der Waals surface area contributed by atoms with Gasteiger partial charge >= 0.3 is 5.97 Å². The van der Waals surface area contributed by atoms with Crippen molar-refractivity contribution in [1.29, 1.82) is 0 Å². The predicted octanol–water partition coefficient (Wildman–Crippen LogP) is 4.15. The van der Waals surface area contributed by atoms with E-state index in [0.717, 1.165) is 25.9 Å². The highest BCUT2D eigenvalue weighted by atomic mass is 16.5. The summed E-state index contributed by atoms with van der Waals surface area (Å²) in [6.45, 7) is 4.49. The largest absolute Gasteiger partial charge is 0.465 e. The molecule has 0 aliphatic carbocycles. The lowest BCUT2D eigenvalue weighted by Gasteiger charge is -2.29. The summed E-state index contributed by atoms with van der Waals surface area (Å²) in [6, 6.07) is 21.2. The number of hydrogen-bond acceptors (Lipinski definition) is 3. The number of nitrogens with zero attached hydrogens (tertiary/aromatic N) is 1. The van der Waals surface area contributed by atoms with Crippen LogP contribution in [0.5, 0.6) is 0 Å². The Kier molecular flexibility index (Phi) is 6.02. The average molecular weight is 335 g/mol. The minimum Gasteiger partial charge on any atom is -0.465 e. The molecule has 0 N–H and O–H groups in total. The molecule has 1 aliphatic heterocycles. The van der Waals surface area contributed by atoms with Crippen molar-refractivity contribution in [2.45, 2.75) is 19.8 Å². The molecule has 0 bridgehead atoms. The Morgan fingerprint density at radius 1 is 0.920 bits per heavy atom. The van der Waals surface area contributed by atoms with E-state index in [2.05, 4.69) is 65.6 Å². The summed E-state index contributed by atoms with van der Waals surface area (Å²) >= 11 is 0. The molecule has 1 fully saturated rings. The molecule has 3 rings (SSSR count). The van der Waals surface area contributed by atoms with Crippen LogP contribution in [-0.4, -0.2) is 37.1 Å². The van der Waals surface area contributed by atoms with E-state index in [4.69, 9.17) is 4.74 Å². The minimum atomic E-state index is -0.124. The maximum absolute atomic E-state index is 11.7. The van der Waals surface area contributed by atoms with Gasteiger partial charge < -0.3 is 4.74 Å². The first-order chi connectivity index (χ1) is 12.3. The lowest BCUT2D eigenvalue weighted by molar-refractivity contribution is -0.144. The summed E-state index contributed by atoms with van der Waals surface area (Å²) in [4.78, 5) is 13.9. The SMILES string of the molecule is CCOC(=O)CN1CCC(=C(c2ccccc2)c2ccccc2)CC1. The van der Waals surface area contributed by atoms with Crippen LogP contribution in [0, 0.1) is 0 Å². The second kappa shape index (κ2) is 8.63. The van der Waals surface area contributed by atoms with Crippen molar-refractivity contribution in [3.8, 4) is 0 Å². The van der Waals surface area contributed by atoms with Crippen LogP contribution in [0.25, 0.3) is 5.57 Å². The Hall–Kier alpha value is -2.39. The number of piperidine rings is 1. The maximum Gasteiger partial charge on any atom is 0.320 e. The third-order valence-electron chi connectivity index (χ3n) is 4.60. The van der Waals surface area contributed by atoms with Gasteiger partial charge in [-0.15, -0.1) is 0 Å². The van der Waals surface area contributed by atoms with E-state index in [9.17, 15) is 4.79 Å². The average Bonchev–Trinajstić information content (AvgIpc) is 2.65. The Morgan fingerprint density at radius 3 is 1.92 bits per heavy atom. The Bertz CT molecular complexity index is 671. The number of rotatable bonds is 5. The van der Waals surface area contributed by atoms with Crippen molar-refractivity contribution >= 4 is 11.5 Å². The van der Waals surface area contributed by atoms with Crippen LogP contribution < -0.4 is 0 Å². The molecule has 2 aromatic carbocycles. The van der Waals surface area contributed by atoms with Crippen molar-refractivity contribution in [1.82, 2.24) is 4.90 Å². The molecule has 0 amide bonds. The topological polar surface area (TPSA) is 29.5 Å². The van der Waals surface area contributed by atoms with E-state index in [1.807, 2.05) is 6.92 Å². The molecule has 0 spiro atoms. The van der Waals surface area contributed by atoms with Gasteiger partial charge in [0.2, 0.25) is 0 Å². The third kappa shape index (κ3) is 4.58. The number of carbonyl (C=O) groups is 1. The fourth-order valence-electron chi connectivity index (χ4n) is 3.40. The van der Waals surface area contributed by atoms with Gasteiger partial charge in [0, 0.05) is 13.1 Å². The van der Waals surface area contributed by atoms with Gasteiger partial charge in [-0.3, -0.25) is 9.69 Å². The quantitative estimate of drug-likeness (QED) is 0.769. The molecule has 1 saturated heterocycles. The summed E-state index contributed by atoms with van der Waals surface area (Å²) in [5.41, 5.74) is 5.35. The molecule has 1 aliphatic rings. The van der Waals surface area contributed by atoms with Crippen LogP contribution in [0.1, 0.15) is 30.9 Å². The van der Waals surface area contributed by atoms with Crippen molar-refractivity contribution in [3.05, 3.63) is 77.4 Å². The van der Waals surface area contributed by atoms with Crippen LogP contribution in [0.3, 0.4) is 0 Å². The van der Waals surface area contributed by atoms with E-state index in [1.54, 1.807) is 0 Å². The molecule has 130 valence electrons. The fraction of sp³-hybridized carbons (Fsp3) is 0.318. The second-order valence-corrected chi connectivity index (χ2v) is 6.29. The highest BCUT2D eigenvalue weighted by molar-refractivity contribution is 5.82. The number of hydrogen-bond donors (Lipinski definition) is 0. The first kappa shape index (κ1) is 17.4. The van der Waals surface area contributed by atoms with Crippen LogP contribution >= 0.6 is 0 Å². The molecule has 0 radical (unpaired) electrons. The van der Waals surface area contributed by atoms with Crippen LogP contribution in [0.4, 0.5) is 0 Å². The summed E-state index contributed by atoms with van der Waals surface area (Å²) < 4.78 is 5.06. The Balaban J connectivity index is 1.81. The molecule has 0 aromatic heterocycles. The van der Waals surface area contributed by atoms with Crippen LogP contribution in [0.15, 0.2) is 66.2 Å². The van der Waals surface area contributed by atoms with Gasteiger partial charge in [0.25, 0.3) is 0 Å². The van der Waals surface area contributed by atoms with Gasteiger partial charge in [-0.2, -0.15) is 0 Å². The highest BCUT2D eigenvalue weighted by Crippen LogP contribution is 2.32. The standard InChI is InChI=1S/C22H25NO2/c1-2-25-21(24)17-23-15-13-20(14-16-23)22(18-9-5-3-6-10-18)19-11-7-4-8-12-19/h3-12H,2,13-17H2,1H3. The lowest BCUT2D eigenvalue weighted by atomic mass is 9.88. The summed E-state index contributed by atoms with van der Waals surface area (Å²) in [5.74, 6) is -0.124. The van der Waals surface area contributed by atoms with Crippen molar-refractivity contribution in [2.24, 2.45) is 0 Å². The minimum absolute atomic E-state index is 0.124. The number of ether oxygens (including phenoxy) is 1. The number of carbonyl (C=O) groups excluding carboxylic acids is 1. The monoisotopic (exact) mass is 335 g/mol. The molecule has 1 heterocycles. The van der Waals surface area contributed by atoms with Gasteiger partial charge in [-0.05, 0) is 36.5 Å². The molecule has 25 heavy (non-hydrogen) atoms. The molecule has 0 saturated carbocycles. The van der Waals surface area contributed by atoms with Gasteiger partial charge in [0.15, 0.2) is 0 Å². The summed E-state index contributed by atoms with van der Waals surface area (Å²) in [5, 5.41) is 0. The Morgan fingerprint density at radius 2 is 1.44 bits per heavy atom. The first-order valence-electron chi connectivity index (χ1n) is 8.98. The molecule has 2 aromatic rings. The fourth-order valence-corrected chi connectivity index (χ4v) is 3.40. The Labute approximate surface area is 149 Å². The number of benzene rings is 2. The van der Waals surface area contributed by atoms with Gasteiger partial charge in [-0.1, -0.05) is 66.2 Å². The van der Waals surface area contributed by atoms with E-state index < -0.39 is 0 Å². The highest BCUT2D eigenvalue weighted by Gasteiger charge is 2.20. The third-order valence-corrected chi connectivity index (χ3v) is 4.60. The molecular weight excluding hydrogens is 310 g/mol. The first-order valence-corrected chi connectivity index (χ1v) is 8.98. The van der Waals surface area contributed by atoms with E-state index in [1.165, 1.54) is 22.3 Å². The number of likely N-dealkylation sites (tertiary alicyclic amines) is 1. The van der Waals surface area contributed by atoms with Gasteiger partial charge in [0.1, 0.15) is 0 Å². The van der Waals surface area contributed by atoms with Gasteiger partial charge in [0.05, 0.1) is 13.2 Å². The maximum atomic E-state index is 11.7. The molecule has 3 nitrogen and oxygen atoms in total. The van der Waals surface area contributed by atoms with Gasteiger partial charge in [-0.25, -0.2) is 0 Å². The van der Waals surface area contributed by atoms with E-state index in [0.29, 0.717) is 13.2 Å².